The van der Waals surface area contributed by atoms with Crippen LogP contribution in [-0.4, -0.2) is 44.2 Å². The molecule has 0 fully saturated rings. The van der Waals surface area contributed by atoms with E-state index in [0.717, 1.165) is 6.07 Å². The number of Topliss-reactive ketones (excluding diaryl/α,β-unsaturated/α-hetero) is 2. The van der Waals surface area contributed by atoms with Crippen molar-refractivity contribution in [2.24, 2.45) is 11.8 Å². The molecule has 6 rings (SSSR count). The lowest BCUT2D eigenvalue weighted by Crippen LogP contribution is -2.45. The Kier molecular flexibility index (Phi) is 6.10. The SMILES string of the molecule is COc1cc(O)c2c(c1)O[C@H](c1ccc(O)cc1)[C@H]([C@@H]1C(=O)c3c(O)cc(O)cc3O[C@H]1c1ccc(O)cc1)C2=O. The van der Waals surface area contributed by atoms with Crippen LogP contribution < -0.4 is 14.2 Å². The number of fused-ring (bicyclic) bond motifs is 2. The monoisotopic (exact) mass is 556 g/mol. The van der Waals surface area contributed by atoms with E-state index >= 15 is 0 Å². The van der Waals surface area contributed by atoms with E-state index in [1.165, 1.54) is 61.7 Å². The van der Waals surface area contributed by atoms with Crippen LogP contribution in [0.2, 0.25) is 0 Å². The summed E-state index contributed by atoms with van der Waals surface area (Å²) in [4.78, 5) is 28.6. The maximum absolute atomic E-state index is 14.3. The van der Waals surface area contributed by atoms with Crippen molar-refractivity contribution in [3.05, 3.63) is 95.1 Å². The van der Waals surface area contributed by atoms with Crippen molar-refractivity contribution >= 4 is 11.6 Å². The predicted molar refractivity (Wildman–Crippen MR) is 143 cm³/mol. The minimum Gasteiger partial charge on any atom is -0.508 e. The number of carbonyl (C=O) groups is 2. The summed E-state index contributed by atoms with van der Waals surface area (Å²) in [6.07, 6.45) is -2.23. The molecule has 4 atom stereocenters. The Hall–Kier alpha value is -5.38. The summed E-state index contributed by atoms with van der Waals surface area (Å²) >= 11 is 0. The van der Waals surface area contributed by atoms with Gasteiger partial charge >= 0.3 is 0 Å². The Morgan fingerprint density at radius 3 is 1.49 bits per heavy atom. The van der Waals surface area contributed by atoms with Gasteiger partial charge in [0, 0.05) is 24.3 Å². The first-order valence-corrected chi connectivity index (χ1v) is 12.6. The number of ketones is 2. The molecule has 41 heavy (non-hydrogen) atoms. The highest BCUT2D eigenvalue weighted by Crippen LogP contribution is 2.53. The number of phenolic OH excluding ortho intramolecular Hbond substituents is 5. The third-order valence-corrected chi connectivity index (χ3v) is 7.45. The zero-order valence-corrected chi connectivity index (χ0v) is 21.5. The largest absolute Gasteiger partial charge is 0.508 e. The van der Waals surface area contributed by atoms with Crippen LogP contribution in [-0.2, 0) is 0 Å². The van der Waals surface area contributed by atoms with Crippen LogP contribution in [0.25, 0.3) is 0 Å². The van der Waals surface area contributed by atoms with Crippen molar-refractivity contribution in [3.63, 3.8) is 0 Å². The Labute approximate surface area is 233 Å². The van der Waals surface area contributed by atoms with Crippen molar-refractivity contribution in [2.75, 3.05) is 7.11 Å². The molecule has 0 aliphatic carbocycles. The fourth-order valence-electron chi connectivity index (χ4n) is 5.57. The van der Waals surface area contributed by atoms with Gasteiger partial charge in [-0.3, -0.25) is 9.59 Å². The first-order valence-electron chi connectivity index (χ1n) is 12.6. The van der Waals surface area contributed by atoms with Crippen molar-refractivity contribution in [2.45, 2.75) is 12.2 Å². The lowest BCUT2D eigenvalue weighted by Gasteiger charge is -2.42. The topological polar surface area (TPSA) is 163 Å². The lowest BCUT2D eigenvalue weighted by molar-refractivity contribution is 0.0129. The Morgan fingerprint density at radius 1 is 0.585 bits per heavy atom. The van der Waals surface area contributed by atoms with Gasteiger partial charge in [-0.2, -0.15) is 0 Å². The highest BCUT2D eigenvalue weighted by molar-refractivity contribution is 6.11. The molecule has 2 aliphatic rings. The highest BCUT2D eigenvalue weighted by atomic mass is 16.5. The van der Waals surface area contributed by atoms with Crippen LogP contribution in [0, 0.1) is 11.8 Å². The zero-order valence-electron chi connectivity index (χ0n) is 21.5. The van der Waals surface area contributed by atoms with Crippen molar-refractivity contribution < 1.29 is 49.3 Å². The molecule has 10 nitrogen and oxygen atoms in total. The number of methoxy groups -OCH3 is 1. The summed E-state index contributed by atoms with van der Waals surface area (Å²) in [7, 11) is 1.40. The molecule has 4 aromatic rings. The van der Waals surface area contributed by atoms with Crippen LogP contribution in [0.5, 0.6) is 46.0 Å². The number of rotatable bonds is 4. The number of benzene rings is 4. The minimum absolute atomic E-state index is 0.0233. The lowest BCUT2D eigenvalue weighted by atomic mass is 9.69. The van der Waals surface area contributed by atoms with E-state index in [2.05, 4.69) is 0 Å². The van der Waals surface area contributed by atoms with Gasteiger partial charge in [0.2, 0.25) is 0 Å². The number of ether oxygens (including phenoxy) is 3. The molecule has 0 saturated heterocycles. The summed E-state index contributed by atoms with van der Waals surface area (Å²) in [5.74, 6) is -4.98. The van der Waals surface area contributed by atoms with Gasteiger partial charge in [-0.15, -0.1) is 0 Å². The number of hydrogen-bond acceptors (Lipinski definition) is 10. The first kappa shape index (κ1) is 25.9. The van der Waals surface area contributed by atoms with Crippen LogP contribution in [0.3, 0.4) is 0 Å². The molecule has 5 N–H and O–H groups in total. The molecule has 10 heteroatoms. The second kappa shape index (κ2) is 9.67. The smallest absolute Gasteiger partial charge is 0.178 e. The molecule has 0 saturated carbocycles. The molecule has 4 aromatic carbocycles. The minimum atomic E-state index is -1.30. The molecule has 0 unspecified atom stereocenters. The molecule has 0 bridgehead atoms. The molecular weight excluding hydrogens is 532 g/mol. The summed E-state index contributed by atoms with van der Waals surface area (Å²) in [6.45, 7) is 0. The van der Waals surface area contributed by atoms with Gasteiger partial charge < -0.3 is 39.7 Å². The fraction of sp³-hybridized carbons (Fsp3) is 0.161. The van der Waals surface area contributed by atoms with E-state index in [9.17, 15) is 35.1 Å². The number of carbonyl (C=O) groups excluding carboxylic acids is 2. The number of hydrogen-bond donors (Lipinski definition) is 5. The number of aromatic hydroxyl groups is 5. The molecule has 2 aliphatic heterocycles. The van der Waals surface area contributed by atoms with E-state index in [1.807, 2.05) is 0 Å². The van der Waals surface area contributed by atoms with Gasteiger partial charge in [0.15, 0.2) is 11.6 Å². The zero-order chi connectivity index (χ0) is 29.0. The molecule has 0 spiro atoms. The Bertz CT molecular complexity index is 1680. The Morgan fingerprint density at radius 2 is 1.02 bits per heavy atom. The third-order valence-electron chi connectivity index (χ3n) is 7.45. The van der Waals surface area contributed by atoms with E-state index < -0.39 is 47.1 Å². The van der Waals surface area contributed by atoms with E-state index in [-0.39, 0.29) is 45.6 Å². The van der Waals surface area contributed by atoms with Gasteiger partial charge in [0.1, 0.15) is 69.3 Å². The van der Waals surface area contributed by atoms with E-state index in [0.29, 0.717) is 11.1 Å². The Balaban J connectivity index is 1.58. The molecule has 0 amide bonds. The predicted octanol–water partition coefficient (Wildman–Crippen LogP) is 4.79. The standard InChI is InChI=1S/C31H24O10/c1-39-19-12-21(36)25-23(13-19)41-31(15-4-8-17(33)9-5-15)27(29(25)38)26-28(37)24-20(35)10-18(34)11-22(24)40-30(26)14-2-6-16(32)7-3-14/h2-13,26-27,30-36H,1H3/t26-,27-,30+,31-/m1/s1. The second-order valence-electron chi connectivity index (χ2n) is 9.90. The van der Waals surface area contributed by atoms with Gasteiger partial charge in [0.25, 0.3) is 0 Å². The van der Waals surface area contributed by atoms with Gasteiger partial charge in [-0.05, 0) is 35.4 Å². The van der Waals surface area contributed by atoms with Crippen molar-refractivity contribution in [1.29, 1.82) is 0 Å². The highest BCUT2D eigenvalue weighted by Gasteiger charge is 2.53. The van der Waals surface area contributed by atoms with Gasteiger partial charge in [-0.1, -0.05) is 24.3 Å². The van der Waals surface area contributed by atoms with Crippen LogP contribution in [0.4, 0.5) is 0 Å². The molecule has 208 valence electrons. The quantitative estimate of drug-likeness (QED) is 0.236. The van der Waals surface area contributed by atoms with Crippen molar-refractivity contribution in [3.8, 4) is 46.0 Å². The normalized spacial score (nSPS) is 21.3. The molecule has 0 radical (unpaired) electrons. The van der Waals surface area contributed by atoms with Crippen LogP contribution >= 0.6 is 0 Å². The maximum Gasteiger partial charge on any atom is 0.178 e. The van der Waals surface area contributed by atoms with Gasteiger partial charge in [-0.25, -0.2) is 0 Å². The summed E-state index contributed by atoms with van der Waals surface area (Å²) in [6, 6.07) is 16.7. The van der Waals surface area contributed by atoms with Crippen molar-refractivity contribution in [1.82, 2.24) is 0 Å². The van der Waals surface area contributed by atoms with E-state index in [4.69, 9.17) is 14.2 Å². The van der Waals surface area contributed by atoms with Gasteiger partial charge in [0.05, 0.1) is 18.9 Å². The van der Waals surface area contributed by atoms with Crippen LogP contribution in [0.15, 0.2) is 72.8 Å². The third kappa shape index (κ3) is 4.29. The summed E-state index contributed by atoms with van der Waals surface area (Å²) in [5, 5.41) is 51.4. The first-order chi connectivity index (χ1) is 19.7. The molecule has 2 heterocycles. The average molecular weight is 557 g/mol. The fourth-order valence-corrected chi connectivity index (χ4v) is 5.57. The van der Waals surface area contributed by atoms with Crippen LogP contribution in [0.1, 0.15) is 44.1 Å². The summed E-state index contributed by atoms with van der Waals surface area (Å²) in [5.41, 5.74) is 0.511. The molecule has 0 aromatic heterocycles. The molecular formula is C31H24O10. The number of phenols is 5. The second-order valence-corrected chi connectivity index (χ2v) is 9.90. The summed E-state index contributed by atoms with van der Waals surface area (Å²) < 4.78 is 17.8. The maximum atomic E-state index is 14.3. The average Bonchev–Trinajstić information content (AvgIpc) is 2.93. The van der Waals surface area contributed by atoms with E-state index in [1.54, 1.807) is 12.1 Å².